The molecule has 0 aliphatic rings. The van der Waals surface area contributed by atoms with Crippen molar-refractivity contribution in [2.75, 3.05) is 5.75 Å². The van der Waals surface area contributed by atoms with Crippen LogP contribution in [0.1, 0.15) is 50.3 Å². The van der Waals surface area contributed by atoms with Gasteiger partial charge in [-0.15, -0.1) is 11.8 Å². The molecule has 0 radical (unpaired) electrons. The fourth-order valence-corrected chi connectivity index (χ4v) is 2.93. The molecule has 0 aliphatic heterocycles. The Hall–Kier alpha value is -0.540. The summed E-state index contributed by atoms with van der Waals surface area (Å²) in [6.45, 7) is 5.90. The third-order valence-electron chi connectivity index (χ3n) is 2.79. The lowest BCUT2D eigenvalue weighted by molar-refractivity contribution is 0.610. The second-order valence-corrected chi connectivity index (χ2v) is 5.62. The number of rotatable bonds is 6. The second-order valence-electron chi connectivity index (χ2n) is 4.48. The largest absolute Gasteiger partial charge is 0.324 e. The zero-order chi connectivity index (χ0) is 12.8. The van der Waals surface area contributed by atoms with Crippen LogP contribution in [0.2, 0.25) is 0 Å². The molecule has 0 amide bonds. The van der Waals surface area contributed by atoms with Gasteiger partial charge < -0.3 is 5.73 Å². The molecule has 3 heteroatoms. The van der Waals surface area contributed by atoms with Crippen molar-refractivity contribution < 1.29 is 4.39 Å². The summed E-state index contributed by atoms with van der Waals surface area (Å²) in [6.07, 6.45) is 3.68. The topological polar surface area (TPSA) is 26.0 Å². The van der Waals surface area contributed by atoms with Gasteiger partial charge in [0.25, 0.3) is 0 Å². The van der Waals surface area contributed by atoms with E-state index in [0.717, 1.165) is 16.2 Å². The summed E-state index contributed by atoms with van der Waals surface area (Å²) in [6, 6.07) is 3.39. The summed E-state index contributed by atoms with van der Waals surface area (Å²) >= 11 is 1.79. The maximum atomic E-state index is 13.5. The number of nitrogens with two attached hydrogens (primary N) is 1. The molecule has 2 N–H and O–H groups in total. The van der Waals surface area contributed by atoms with Crippen LogP contribution in [0.25, 0.3) is 0 Å². The molecule has 0 spiro atoms. The number of unbranched alkanes of at least 4 members (excludes halogenated alkanes) is 2. The molecule has 1 aromatic rings. The first-order valence-corrected chi connectivity index (χ1v) is 7.23. The van der Waals surface area contributed by atoms with Crippen LogP contribution in [0, 0.1) is 12.7 Å². The normalized spacial score (nSPS) is 12.8. The quantitative estimate of drug-likeness (QED) is 0.601. The van der Waals surface area contributed by atoms with Gasteiger partial charge in [-0.1, -0.05) is 19.8 Å². The van der Waals surface area contributed by atoms with Crippen molar-refractivity contribution in [2.24, 2.45) is 5.73 Å². The molecule has 0 fully saturated rings. The fourth-order valence-electron chi connectivity index (χ4n) is 1.69. The summed E-state index contributed by atoms with van der Waals surface area (Å²) in [5.74, 6) is 0.925. The fraction of sp³-hybridized carbons (Fsp3) is 0.571. The number of hydrogen-bond donors (Lipinski definition) is 1. The molecule has 17 heavy (non-hydrogen) atoms. The third-order valence-corrected chi connectivity index (χ3v) is 3.94. The van der Waals surface area contributed by atoms with E-state index >= 15 is 0 Å². The average Bonchev–Trinajstić information content (AvgIpc) is 2.28. The number of thioether (sulfide) groups is 1. The molecule has 1 aromatic carbocycles. The van der Waals surface area contributed by atoms with Gasteiger partial charge in [0, 0.05) is 10.9 Å². The Morgan fingerprint density at radius 1 is 1.35 bits per heavy atom. The highest BCUT2D eigenvalue weighted by molar-refractivity contribution is 7.99. The van der Waals surface area contributed by atoms with Gasteiger partial charge in [-0.25, -0.2) is 4.39 Å². The van der Waals surface area contributed by atoms with Crippen molar-refractivity contribution in [2.45, 2.75) is 51.0 Å². The molecule has 0 heterocycles. The zero-order valence-corrected chi connectivity index (χ0v) is 11.7. The van der Waals surface area contributed by atoms with Gasteiger partial charge in [-0.2, -0.15) is 0 Å². The highest BCUT2D eigenvalue weighted by Crippen LogP contribution is 2.29. The third kappa shape index (κ3) is 4.32. The second kappa shape index (κ2) is 7.02. The lowest BCUT2D eigenvalue weighted by atomic mass is 10.1. The Bertz CT molecular complexity index is 363. The van der Waals surface area contributed by atoms with E-state index in [4.69, 9.17) is 5.73 Å². The molecule has 1 rings (SSSR count). The molecule has 0 aromatic heterocycles. The van der Waals surface area contributed by atoms with Crippen LogP contribution in [0.4, 0.5) is 4.39 Å². The summed E-state index contributed by atoms with van der Waals surface area (Å²) in [7, 11) is 0. The van der Waals surface area contributed by atoms with E-state index < -0.39 is 0 Å². The van der Waals surface area contributed by atoms with Gasteiger partial charge >= 0.3 is 0 Å². The summed E-state index contributed by atoms with van der Waals surface area (Å²) < 4.78 is 13.5. The SMILES string of the molecule is CCCCCSc1cc(C)c(F)cc1[C@@H](C)N. The van der Waals surface area contributed by atoms with Gasteiger partial charge in [-0.05, 0) is 49.3 Å². The van der Waals surface area contributed by atoms with Gasteiger partial charge in [0.15, 0.2) is 0 Å². The predicted octanol–water partition coefficient (Wildman–Crippen LogP) is 4.44. The van der Waals surface area contributed by atoms with Crippen LogP contribution in [0.15, 0.2) is 17.0 Å². The standard InChI is InChI=1S/C14H22FNS/c1-4-5-6-7-17-14-8-10(2)13(15)9-12(14)11(3)16/h8-9,11H,4-7,16H2,1-3H3/t11-/m1/s1. The number of hydrogen-bond acceptors (Lipinski definition) is 2. The Balaban J connectivity index is 2.78. The van der Waals surface area contributed by atoms with E-state index in [2.05, 4.69) is 6.92 Å². The van der Waals surface area contributed by atoms with E-state index in [1.54, 1.807) is 24.8 Å². The lowest BCUT2D eigenvalue weighted by Crippen LogP contribution is -2.07. The van der Waals surface area contributed by atoms with Crippen molar-refractivity contribution in [3.63, 3.8) is 0 Å². The highest BCUT2D eigenvalue weighted by Gasteiger charge is 2.11. The van der Waals surface area contributed by atoms with Crippen LogP contribution in [0.5, 0.6) is 0 Å². The van der Waals surface area contributed by atoms with Crippen LogP contribution < -0.4 is 5.73 Å². The minimum absolute atomic E-state index is 0.112. The van der Waals surface area contributed by atoms with E-state index in [0.29, 0.717) is 5.56 Å². The van der Waals surface area contributed by atoms with Crippen molar-refractivity contribution in [1.29, 1.82) is 0 Å². The molecular formula is C14H22FNS. The number of benzene rings is 1. The first-order chi connectivity index (χ1) is 8.06. The Morgan fingerprint density at radius 2 is 2.06 bits per heavy atom. The Morgan fingerprint density at radius 3 is 2.65 bits per heavy atom. The summed E-state index contributed by atoms with van der Waals surface area (Å²) in [5, 5.41) is 0. The first-order valence-electron chi connectivity index (χ1n) is 6.24. The van der Waals surface area contributed by atoms with E-state index in [9.17, 15) is 4.39 Å². The number of halogens is 1. The van der Waals surface area contributed by atoms with Crippen LogP contribution in [0.3, 0.4) is 0 Å². The molecule has 0 saturated heterocycles. The minimum atomic E-state index is -0.157. The van der Waals surface area contributed by atoms with E-state index in [-0.39, 0.29) is 11.9 Å². The molecular weight excluding hydrogens is 233 g/mol. The van der Waals surface area contributed by atoms with Gasteiger partial charge in [-0.3, -0.25) is 0 Å². The van der Waals surface area contributed by atoms with Crippen molar-refractivity contribution in [3.05, 3.63) is 29.1 Å². The van der Waals surface area contributed by atoms with Crippen LogP contribution in [-0.4, -0.2) is 5.75 Å². The smallest absolute Gasteiger partial charge is 0.126 e. The van der Waals surface area contributed by atoms with Crippen LogP contribution in [-0.2, 0) is 0 Å². The Kier molecular flexibility index (Phi) is 6.00. The maximum absolute atomic E-state index is 13.5. The molecule has 1 nitrogen and oxygen atoms in total. The number of aryl methyl sites for hydroxylation is 1. The zero-order valence-electron chi connectivity index (χ0n) is 10.9. The highest BCUT2D eigenvalue weighted by atomic mass is 32.2. The molecule has 0 unspecified atom stereocenters. The van der Waals surface area contributed by atoms with Crippen molar-refractivity contribution in [1.82, 2.24) is 0 Å². The van der Waals surface area contributed by atoms with E-state index in [1.807, 2.05) is 13.0 Å². The van der Waals surface area contributed by atoms with Gasteiger partial charge in [0.2, 0.25) is 0 Å². The average molecular weight is 255 g/mol. The summed E-state index contributed by atoms with van der Waals surface area (Å²) in [4.78, 5) is 1.13. The molecule has 96 valence electrons. The molecule has 0 aliphatic carbocycles. The predicted molar refractivity (Wildman–Crippen MR) is 74.0 cm³/mol. The molecule has 1 atom stereocenters. The van der Waals surface area contributed by atoms with Gasteiger partial charge in [0.05, 0.1) is 0 Å². The molecule has 0 saturated carbocycles. The monoisotopic (exact) mass is 255 g/mol. The van der Waals surface area contributed by atoms with E-state index in [1.165, 1.54) is 19.3 Å². The first kappa shape index (κ1) is 14.5. The van der Waals surface area contributed by atoms with Crippen LogP contribution >= 0.6 is 11.8 Å². The van der Waals surface area contributed by atoms with Crippen molar-refractivity contribution >= 4 is 11.8 Å². The lowest BCUT2D eigenvalue weighted by Gasteiger charge is -2.14. The maximum Gasteiger partial charge on any atom is 0.126 e. The van der Waals surface area contributed by atoms with Gasteiger partial charge in [0.1, 0.15) is 5.82 Å². The minimum Gasteiger partial charge on any atom is -0.324 e. The van der Waals surface area contributed by atoms with Crippen molar-refractivity contribution in [3.8, 4) is 0 Å². The summed E-state index contributed by atoms with van der Waals surface area (Å²) in [5.41, 5.74) is 7.51. The molecule has 0 bridgehead atoms. The Labute approximate surface area is 108 Å².